The number of carbonyl (C=O) groups is 2. The highest BCUT2D eigenvalue weighted by atomic mass is 32.2. The van der Waals surface area contributed by atoms with Crippen LogP contribution in [0.5, 0.6) is 0 Å². The number of pyridine rings is 1. The molecule has 1 heterocycles. The van der Waals surface area contributed by atoms with Gasteiger partial charge in [0, 0.05) is 34.3 Å². The van der Waals surface area contributed by atoms with Gasteiger partial charge in [0.05, 0.1) is 20.9 Å². The van der Waals surface area contributed by atoms with Gasteiger partial charge in [-0.2, -0.15) is 0 Å². The Bertz CT molecular complexity index is 1380. The van der Waals surface area contributed by atoms with E-state index in [0.717, 1.165) is 16.5 Å². The molecule has 164 valence electrons. The van der Waals surface area contributed by atoms with Crippen LogP contribution in [0.3, 0.4) is 0 Å². The summed E-state index contributed by atoms with van der Waals surface area (Å²) in [5, 5.41) is 12.3. The van der Waals surface area contributed by atoms with E-state index in [0.29, 0.717) is 4.90 Å². The van der Waals surface area contributed by atoms with Crippen molar-refractivity contribution >= 4 is 40.1 Å². The monoisotopic (exact) mass is 458 g/mol. The fourth-order valence-corrected chi connectivity index (χ4v) is 4.04. The van der Waals surface area contributed by atoms with Crippen molar-refractivity contribution in [1.82, 2.24) is 4.98 Å². The van der Waals surface area contributed by atoms with Crippen LogP contribution in [0.2, 0.25) is 0 Å². The first-order chi connectivity index (χ1) is 16.0. The summed E-state index contributed by atoms with van der Waals surface area (Å²) < 4.78 is 5.50. The maximum absolute atomic E-state index is 13.1. The van der Waals surface area contributed by atoms with E-state index in [9.17, 15) is 19.7 Å². The number of nitro groups is 1. The molecule has 0 aliphatic rings. The van der Waals surface area contributed by atoms with E-state index in [1.54, 1.807) is 24.6 Å². The third-order valence-electron chi connectivity index (χ3n) is 5.10. The molecule has 0 spiro atoms. The molecule has 8 heteroatoms. The van der Waals surface area contributed by atoms with E-state index in [-0.39, 0.29) is 29.0 Å². The van der Waals surface area contributed by atoms with Gasteiger partial charge in [0.25, 0.3) is 5.69 Å². The smallest absolute Gasteiger partial charge is 0.339 e. The average Bonchev–Trinajstić information content (AvgIpc) is 2.86. The van der Waals surface area contributed by atoms with Crippen molar-refractivity contribution in [2.45, 2.75) is 11.5 Å². The third kappa shape index (κ3) is 4.61. The van der Waals surface area contributed by atoms with Crippen LogP contribution in [-0.2, 0) is 11.3 Å². The molecule has 0 unspecified atom stereocenters. The van der Waals surface area contributed by atoms with E-state index in [2.05, 4.69) is 4.98 Å². The van der Waals surface area contributed by atoms with Crippen molar-refractivity contribution in [2.75, 3.05) is 6.26 Å². The quantitative estimate of drug-likeness (QED) is 0.119. The summed E-state index contributed by atoms with van der Waals surface area (Å²) in [5.74, 6) is -1.16. The van der Waals surface area contributed by atoms with Crippen molar-refractivity contribution < 1.29 is 19.2 Å². The molecule has 0 aliphatic carbocycles. The third-order valence-corrected chi connectivity index (χ3v) is 5.89. The number of ketones is 1. The molecule has 7 nitrogen and oxygen atoms in total. The Labute approximate surface area is 193 Å². The van der Waals surface area contributed by atoms with E-state index in [1.807, 2.05) is 30.3 Å². The number of aromatic nitrogens is 1. The van der Waals surface area contributed by atoms with Crippen LogP contribution >= 0.6 is 11.8 Å². The molecule has 0 amide bonds. The topological polar surface area (TPSA) is 99.4 Å². The van der Waals surface area contributed by atoms with E-state index in [4.69, 9.17) is 4.74 Å². The standard InChI is InChI=1S/C25H18N2O5S/c1-33-22-12-11-17(14-21(22)27(30)31)24(28)19-9-2-3-10-20(19)25(29)32-15-18-7-4-6-16-8-5-13-26-23(16)18/h2-14H,15H2,1H3. The number of hydrogen-bond acceptors (Lipinski definition) is 7. The van der Waals surface area contributed by atoms with E-state index < -0.39 is 16.7 Å². The Kier molecular flexibility index (Phi) is 6.46. The van der Waals surface area contributed by atoms with E-state index >= 15 is 0 Å². The Morgan fingerprint density at radius 1 is 1.00 bits per heavy atom. The molecule has 0 atom stereocenters. The Morgan fingerprint density at radius 2 is 1.76 bits per heavy atom. The van der Waals surface area contributed by atoms with Gasteiger partial charge in [0.15, 0.2) is 5.78 Å². The lowest BCUT2D eigenvalue weighted by Gasteiger charge is -2.11. The molecule has 0 radical (unpaired) electrons. The largest absolute Gasteiger partial charge is 0.457 e. The van der Waals surface area contributed by atoms with Crippen LogP contribution in [0.4, 0.5) is 5.69 Å². The zero-order valence-electron chi connectivity index (χ0n) is 17.6. The molecule has 0 bridgehead atoms. The maximum Gasteiger partial charge on any atom is 0.339 e. The molecule has 0 saturated heterocycles. The first-order valence-corrected chi connectivity index (χ1v) is 11.2. The van der Waals surface area contributed by atoms with Crippen LogP contribution in [-0.4, -0.2) is 27.9 Å². The molecule has 0 N–H and O–H groups in total. The lowest BCUT2D eigenvalue weighted by atomic mass is 9.98. The molecule has 33 heavy (non-hydrogen) atoms. The predicted molar refractivity (Wildman–Crippen MR) is 126 cm³/mol. The zero-order valence-corrected chi connectivity index (χ0v) is 18.4. The lowest BCUT2D eigenvalue weighted by molar-refractivity contribution is -0.387. The van der Waals surface area contributed by atoms with Crippen molar-refractivity contribution in [1.29, 1.82) is 0 Å². The van der Waals surface area contributed by atoms with E-state index in [1.165, 1.54) is 42.1 Å². The van der Waals surface area contributed by atoms with Gasteiger partial charge < -0.3 is 4.74 Å². The predicted octanol–water partition coefficient (Wildman–Crippen LogP) is 5.45. The zero-order chi connectivity index (χ0) is 23.4. The molecule has 0 aliphatic heterocycles. The first-order valence-electron chi connectivity index (χ1n) is 9.95. The van der Waals surface area contributed by atoms with Gasteiger partial charge in [0.1, 0.15) is 6.61 Å². The fourth-order valence-electron chi connectivity index (χ4n) is 3.49. The van der Waals surface area contributed by atoms with Gasteiger partial charge in [-0.25, -0.2) is 4.79 Å². The molecule has 0 fully saturated rings. The van der Waals surface area contributed by atoms with Crippen molar-refractivity contribution in [3.63, 3.8) is 0 Å². The van der Waals surface area contributed by atoms with Gasteiger partial charge in [-0.1, -0.05) is 42.5 Å². The maximum atomic E-state index is 13.1. The van der Waals surface area contributed by atoms with Crippen LogP contribution in [0.15, 0.2) is 83.9 Å². The number of rotatable bonds is 7. The van der Waals surface area contributed by atoms with Crippen molar-refractivity contribution in [3.8, 4) is 0 Å². The van der Waals surface area contributed by atoms with Crippen molar-refractivity contribution in [2.24, 2.45) is 0 Å². The summed E-state index contributed by atoms with van der Waals surface area (Å²) in [5.41, 5.74) is 1.65. The van der Waals surface area contributed by atoms with Crippen LogP contribution in [0.25, 0.3) is 10.9 Å². The van der Waals surface area contributed by atoms with Crippen molar-refractivity contribution in [3.05, 3.63) is 111 Å². The Balaban J connectivity index is 1.61. The number of carbonyl (C=O) groups excluding carboxylic acids is 2. The highest BCUT2D eigenvalue weighted by Crippen LogP contribution is 2.29. The summed E-state index contributed by atoms with van der Waals surface area (Å²) in [4.78, 5) is 41.7. The minimum Gasteiger partial charge on any atom is -0.457 e. The minimum absolute atomic E-state index is 0.0103. The number of nitrogens with zero attached hydrogens (tertiary/aromatic N) is 2. The summed E-state index contributed by atoms with van der Waals surface area (Å²) in [6.07, 6.45) is 3.39. The molecule has 0 saturated carbocycles. The van der Waals surface area contributed by atoms with Gasteiger partial charge in [-0.15, -0.1) is 11.8 Å². The highest BCUT2D eigenvalue weighted by Gasteiger charge is 2.22. The Hall–Kier alpha value is -4.04. The number of esters is 1. The molecule has 4 rings (SSSR count). The number of fused-ring (bicyclic) bond motifs is 1. The van der Waals surface area contributed by atoms with Gasteiger partial charge in [-0.3, -0.25) is 19.9 Å². The summed E-state index contributed by atoms with van der Waals surface area (Å²) in [6.45, 7) is -0.0103. The number of nitro benzene ring substituents is 1. The molecular weight excluding hydrogens is 440 g/mol. The normalized spacial score (nSPS) is 10.7. The second-order valence-electron chi connectivity index (χ2n) is 7.09. The number of hydrogen-bond donors (Lipinski definition) is 0. The van der Waals surface area contributed by atoms with Crippen LogP contribution < -0.4 is 0 Å². The lowest BCUT2D eigenvalue weighted by Crippen LogP contribution is -2.13. The second-order valence-corrected chi connectivity index (χ2v) is 7.93. The summed E-state index contributed by atoms with van der Waals surface area (Å²) in [7, 11) is 0. The van der Waals surface area contributed by atoms with Crippen LogP contribution in [0, 0.1) is 10.1 Å². The van der Waals surface area contributed by atoms with Gasteiger partial charge in [-0.05, 0) is 30.5 Å². The SMILES string of the molecule is CSc1ccc(C(=O)c2ccccc2C(=O)OCc2cccc3cccnc23)cc1[N+](=O)[O-]. The van der Waals surface area contributed by atoms with Gasteiger partial charge >= 0.3 is 5.97 Å². The summed E-state index contributed by atoms with van der Waals surface area (Å²) >= 11 is 1.22. The Morgan fingerprint density at radius 3 is 2.52 bits per heavy atom. The highest BCUT2D eigenvalue weighted by molar-refractivity contribution is 7.98. The van der Waals surface area contributed by atoms with Gasteiger partial charge in [0.2, 0.25) is 0 Å². The molecule has 1 aromatic heterocycles. The van der Waals surface area contributed by atoms with Crippen LogP contribution in [0.1, 0.15) is 31.8 Å². The molecular formula is C25H18N2O5S. The molecule has 3 aromatic carbocycles. The second kappa shape index (κ2) is 9.62. The minimum atomic E-state index is -0.665. The number of thioether (sulfide) groups is 1. The number of benzene rings is 3. The number of para-hydroxylation sites is 1. The fraction of sp³-hybridized carbons (Fsp3) is 0.0800. The first kappa shape index (κ1) is 22.2. The summed E-state index contributed by atoms with van der Waals surface area (Å²) in [6, 6.07) is 19.9. The number of ether oxygens (including phenoxy) is 1. The molecule has 4 aromatic rings. The average molecular weight is 458 g/mol.